The molecule has 1 aliphatic rings. The first kappa shape index (κ1) is 14.7. The maximum absolute atomic E-state index is 11.3. The number of hydrogen-bond acceptors (Lipinski definition) is 4. The number of hydrogen-bond donors (Lipinski definition) is 2. The number of benzene rings is 1. The van der Waals surface area contributed by atoms with E-state index >= 15 is 0 Å². The van der Waals surface area contributed by atoms with Gasteiger partial charge in [0.15, 0.2) is 0 Å². The van der Waals surface area contributed by atoms with Crippen molar-refractivity contribution in [3.8, 4) is 5.75 Å². The van der Waals surface area contributed by atoms with Crippen LogP contribution in [0.1, 0.15) is 37.0 Å². The molecule has 0 bridgehead atoms. The van der Waals surface area contributed by atoms with E-state index in [2.05, 4.69) is 5.32 Å². The molecule has 0 saturated carbocycles. The molecule has 2 N–H and O–H groups in total. The van der Waals surface area contributed by atoms with Crippen molar-refractivity contribution in [1.29, 1.82) is 0 Å². The van der Waals surface area contributed by atoms with E-state index in [1.54, 1.807) is 25.3 Å². The van der Waals surface area contributed by atoms with Gasteiger partial charge in [-0.15, -0.1) is 0 Å². The molecule has 0 aliphatic carbocycles. The summed E-state index contributed by atoms with van der Waals surface area (Å²) in [5.74, 6) is -0.301. The van der Waals surface area contributed by atoms with E-state index in [0.717, 1.165) is 12.8 Å². The number of ether oxygens (including phenoxy) is 2. The molecule has 1 saturated heterocycles. The van der Waals surface area contributed by atoms with Crippen LogP contribution in [-0.4, -0.2) is 36.4 Å². The van der Waals surface area contributed by atoms with Gasteiger partial charge >= 0.3 is 5.97 Å². The van der Waals surface area contributed by atoms with Gasteiger partial charge in [-0.25, -0.2) is 4.79 Å². The van der Waals surface area contributed by atoms with E-state index in [9.17, 15) is 9.90 Å². The predicted molar refractivity (Wildman–Crippen MR) is 76.6 cm³/mol. The highest BCUT2D eigenvalue weighted by molar-refractivity contribution is 5.94. The molecule has 20 heavy (non-hydrogen) atoms. The lowest BCUT2D eigenvalue weighted by Crippen LogP contribution is -2.40. The lowest BCUT2D eigenvalue weighted by Gasteiger charge is -2.36. The molecule has 1 atom stereocenters. The van der Waals surface area contributed by atoms with Gasteiger partial charge in [0.05, 0.1) is 24.0 Å². The fourth-order valence-electron chi connectivity index (χ4n) is 2.53. The second kappa shape index (κ2) is 5.71. The number of carboxylic acids is 1. The molecule has 5 heteroatoms. The van der Waals surface area contributed by atoms with Gasteiger partial charge in [-0.05, 0) is 38.8 Å². The number of anilines is 1. The summed E-state index contributed by atoms with van der Waals surface area (Å²) in [5.41, 5.74) is 0.674. The van der Waals surface area contributed by atoms with Gasteiger partial charge in [-0.2, -0.15) is 0 Å². The molecule has 2 rings (SSSR count). The molecule has 1 aromatic rings. The van der Waals surface area contributed by atoms with Crippen molar-refractivity contribution in [2.75, 3.05) is 19.0 Å². The molecule has 5 nitrogen and oxygen atoms in total. The minimum Gasteiger partial charge on any atom is -0.497 e. The molecule has 1 heterocycles. The average molecular weight is 279 g/mol. The maximum Gasteiger partial charge on any atom is 0.337 e. The zero-order valence-electron chi connectivity index (χ0n) is 12.1. The van der Waals surface area contributed by atoms with Gasteiger partial charge < -0.3 is 19.9 Å². The van der Waals surface area contributed by atoms with Crippen LogP contribution in [-0.2, 0) is 4.74 Å². The molecule has 1 fully saturated rings. The Labute approximate surface area is 118 Å². The van der Waals surface area contributed by atoms with Gasteiger partial charge in [0.25, 0.3) is 0 Å². The lowest BCUT2D eigenvalue weighted by atomic mass is 9.93. The summed E-state index contributed by atoms with van der Waals surface area (Å²) >= 11 is 0. The summed E-state index contributed by atoms with van der Waals surface area (Å²) in [6.45, 7) is 4.77. The van der Waals surface area contributed by atoms with Crippen LogP contribution in [0.5, 0.6) is 5.75 Å². The Balaban J connectivity index is 2.20. The van der Waals surface area contributed by atoms with Crippen molar-refractivity contribution >= 4 is 11.7 Å². The third kappa shape index (κ3) is 3.42. The van der Waals surface area contributed by atoms with Gasteiger partial charge in [-0.3, -0.25) is 0 Å². The first-order chi connectivity index (χ1) is 9.41. The molecule has 0 spiro atoms. The van der Waals surface area contributed by atoms with Crippen LogP contribution in [0.4, 0.5) is 5.69 Å². The Hall–Kier alpha value is -1.75. The van der Waals surface area contributed by atoms with Gasteiger partial charge in [0, 0.05) is 18.7 Å². The number of rotatable bonds is 4. The quantitative estimate of drug-likeness (QED) is 0.887. The SMILES string of the molecule is COc1ccc(C(=O)O)c(NC2CCOC(C)(C)C2)c1. The van der Waals surface area contributed by atoms with Crippen molar-refractivity contribution in [1.82, 2.24) is 0 Å². The van der Waals surface area contributed by atoms with E-state index in [4.69, 9.17) is 9.47 Å². The van der Waals surface area contributed by atoms with Crippen LogP contribution in [0.15, 0.2) is 18.2 Å². The molecule has 1 unspecified atom stereocenters. The van der Waals surface area contributed by atoms with Crippen LogP contribution in [0.2, 0.25) is 0 Å². The van der Waals surface area contributed by atoms with Gasteiger partial charge in [0.1, 0.15) is 5.75 Å². The monoisotopic (exact) mass is 279 g/mol. The summed E-state index contributed by atoms with van der Waals surface area (Å²) in [7, 11) is 1.57. The zero-order chi connectivity index (χ0) is 14.8. The standard InChI is InChI=1S/C15H21NO4/c1-15(2)9-10(6-7-20-15)16-13-8-11(19-3)4-5-12(13)14(17)18/h4-5,8,10,16H,6-7,9H2,1-3H3,(H,17,18). The third-order valence-electron chi connectivity index (χ3n) is 3.51. The second-order valence-electron chi connectivity index (χ2n) is 5.66. The Kier molecular flexibility index (Phi) is 4.18. The number of nitrogens with one attached hydrogen (secondary N) is 1. The smallest absolute Gasteiger partial charge is 0.337 e. The molecule has 110 valence electrons. The highest BCUT2D eigenvalue weighted by atomic mass is 16.5. The van der Waals surface area contributed by atoms with Gasteiger partial charge in [-0.1, -0.05) is 0 Å². The lowest BCUT2D eigenvalue weighted by molar-refractivity contribution is -0.0553. The van der Waals surface area contributed by atoms with E-state index in [0.29, 0.717) is 18.0 Å². The van der Waals surface area contributed by atoms with Crippen LogP contribution in [0.3, 0.4) is 0 Å². The summed E-state index contributed by atoms with van der Waals surface area (Å²) in [6.07, 6.45) is 1.70. The fraction of sp³-hybridized carbons (Fsp3) is 0.533. The summed E-state index contributed by atoms with van der Waals surface area (Å²) < 4.78 is 10.8. The minimum absolute atomic E-state index is 0.182. The normalized spacial score (nSPS) is 21.2. The Bertz CT molecular complexity index is 499. The largest absolute Gasteiger partial charge is 0.497 e. The highest BCUT2D eigenvalue weighted by Gasteiger charge is 2.29. The molecular formula is C15H21NO4. The van der Waals surface area contributed by atoms with Crippen molar-refractivity contribution in [2.45, 2.75) is 38.3 Å². The fourth-order valence-corrected chi connectivity index (χ4v) is 2.53. The molecule has 1 aromatic carbocycles. The number of carboxylic acid groups (broad SMARTS) is 1. The van der Waals surface area contributed by atoms with E-state index < -0.39 is 5.97 Å². The summed E-state index contributed by atoms with van der Waals surface area (Å²) in [5, 5.41) is 12.6. The van der Waals surface area contributed by atoms with Gasteiger partial charge in [0.2, 0.25) is 0 Å². The zero-order valence-corrected chi connectivity index (χ0v) is 12.1. The van der Waals surface area contributed by atoms with Crippen LogP contribution >= 0.6 is 0 Å². The second-order valence-corrected chi connectivity index (χ2v) is 5.66. The third-order valence-corrected chi connectivity index (χ3v) is 3.51. The van der Waals surface area contributed by atoms with Crippen LogP contribution < -0.4 is 10.1 Å². The highest BCUT2D eigenvalue weighted by Crippen LogP contribution is 2.29. The van der Waals surface area contributed by atoms with Crippen molar-refractivity contribution in [2.24, 2.45) is 0 Å². The molecule has 0 aromatic heterocycles. The molecule has 1 aliphatic heterocycles. The Morgan fingerprint density at radius 3 is 2.85 bits per heavy atom. The van der Waals surface area contributed by atoms with Crippen molar-refractivity contribution < 1.29 is 19.4 Å². The van der Waals surface area contributed by atoms with E-state index in [1.165, 1.54) is 0 Å². The van der Waals surface area contributed by atoms with Crippen molar-refractivity contribution in [3.05, 3.63) is 23.8 Å². The average Bonchev–Trinajstić information content (AvgIpc) is 2.37. The number of aromatic carboxylic acids is 1. The molecule has 0 amide bonds. The van der Waals surface area contributed by atoms with Crippen LogP contribution in [0, 0.1) is 0 Å². The Morgan fingerprint density at radius 2 is 2.25 bits per heavy atom. The predicted octanol–water partition coefficient (Wildman–Crippen LogP) is 2.76. The first-order valence-corrected chi connectivity index (χ1v) is 6.73. The van der Waals surface area contributed by atoms with Crippen molar-refractivity contribution in [3.63, 3.8) is 0 Å². The number of methoxy groups -OCH3 is 1. The minimum atomic E-state index is -0.943. The Morgan fingerprint density at radius 1 is 1.50 bits per heavy atom. The van der Waals surface area contributed by atoms with E-state index in [-0.39, 0.29) is 17.2 Å². The molecule has 0 radical (unpaired) electrons. The summed E-state index contributed by atoms with van der Waals surface area (Å²) in [6, 6.07) is 5.14. The van der Waals surface area contributed by atoms with E-state index in [1.807, 2.05) is 13.8 Å². The topological polar surface area (TPSA) is 67.8 Å². The maximum atomic E-state index is 11.3. The first-order valence-electron chi connectivity index (χ1n) is 6.73. The van der Waals surface area contributed by atoms with Crippen LogP contribution in [0.25, 0.3) is 0 Å². The molecular weight excluding hydrogens is 258 g/mol. The summed E-state index contributed by atoms with van der Waals surface area (Å²) in [4.78, 5) is 11.3. The number of carbonyl (C=O) groups is 1.